The minimum atomic E-state index is -0.172. The van der Waals surface area contributed by atoms with Crippen LogP contribution in [0.1, 0.15) is 31.2 Å². The molecule has 0 unspecified atom stereocenters. The van der Waals surface area contributed by atoms with Crippen LogP contribution in [0.5, 0.6) is 5.75 Å². The van der Waals surface area contributed by atoms with Crippen LogP contribution < -0.4 is 15.4 Å². The number of benzene rings is 1. The maximum atomic E-state index is 6.56. The monoisotopic (exact) mass is 234 g/mol. The minimum Gasteiger partial charge on any atom is -0.497 e. The van der Waals surface area contributed by atoms with E-state index in [1.807, 2.05) is 6.07 Å². The van der Waals surface area contributed by atoms with E-state index >= 15 is 0 Å². The van der Waals surface area contributed by atoms with Crippen molar-refractivity contribution >= 4 is 5.69 Å². The predicted molar refractivity (Wildman–Crippen MR) is 71.7 cm³/mol. The summed E-state index contributed by atoms with van der Waals surface area (Å²) in [6.07, 6.45) is 4.59. The summed E-state index contributed by atoms with van der Waals surface area (Å²) in [6, 6.07) is 6.19. The van der Waals surface area contributed by atoms with Crippen molar-refractivity contribution < 1.29 is 4.74 Å². The van der Waals surface area contributed by atoms with Crippen molar-refractivity contribution in [2.75, 3.05) is 26.1 Å². The first-order valence-electron chi connectivity index (χ1n) is 6.21. The van der Waals surface area contributed by atoms with Gasteiger partial charge in [-0.15, -0.1) is 0 Å². The average molecular weight is 234 g/mol. The summed E-state index contributed by atoms with van der Waals surface area (Å²) in [5.41, 5.74) is 8.81. The third-order valence-electron chi connectivity index (χ3n) is 3.72. The lowest BCUT2D eigenvalue weighted by molar-refractivity contribution is 0.408. The fourth-order valence-electron chi connectivity index (χ4n) is 2.71. The van der Waals surface area contributed by atoms with E-state index < -0.39 is 0 Å². The Balaban J connectivity index is 2.48. The van der Waals surface area contributed by atoms with Crippen LogP contribution in [0.4, 0.5) is 5.69 Å². The zero-order valence-corrected chi connectivity index (χ0v) is 11.0. The summed E-state index contributed by atoms with van der Waals surface area (Å²) in [5, 5.41) is 0. The van der Waals surface area contributed by atoms with E-state index in [9.17, 15) is 0 Å². The zero-order chi connectivity index (χ0) is 12.5. The molecule has 0 aliphatic heterocycles. The van der Waals surface area contributed by atoms with Gasteiger partial charge in [0, 0.05) is 25.3 Å². The van der Waals surface area contributed by atoms with Crippen LogP contribution in [0, 0.1) is 0 Å². The van der Waals surface area contributed by atoms with Gasteiger partial charge in [0.05, 0.1) is 7.11 Å². The van der Waals surface area contributed by atoms with Gasteiger partial charge in [-0.3, -0.25) is 0 Å². The lowest BCUT2D eigenvalue weighted by Crippen LogP contribution is -2.34. The lowest BCUT2D eigenvalue weighted by atomic mass is 9.87. The number of rotatable bonds is 3. The smallest absolute Gasteiger partial charge is 0.119 e. The third kappa shape index (κ3) is 2.25. The van der Waals surface area contributed by atoms with E-state index in [2.05, 4.69) is 31.1 Å². The molecule has 1 aromatic carbocycles. The number of methoxy groups -OCH3 is 1. The topological polar surface area (TPSA) is 38.5 Å². The Hall–Kier alpha value is -1.22. The molecule has 0 aromatic heterocycles. The van der Waals surface area contributed by atoms with Gasteiger partial charge in [-0.1, -0.05) is 12.8 Å². The molecule has 0 saturated heterocycles. The maximum Gasteiger partial charge on any atom is 0.119 e. The first-order valence-corrected chi connectivity index (χ1v) is 6.21. The Morgan fingerprint density at radius 3 is 2.41 bits per heavy atom. The van der Waals surface area contributed by atoms with Crippen LogP contribution in [0.2, 0.25) is 0 Å². The van der Waals surface area contributed by atoms with E-state index in [0.717, 1.165) is 18.6 Å². The van der Waals surface area contributed by atoms with Crippen molar-refractivity contribution in [3.8, 4) is 5.75 Å². The number of anilines is 1. The minimum absolute atomic E-state index is 0.172. The van der Waals surface area contributed by atoms with Gasteiger partial charge in [-0.05, 0) is 36.6 Å². The predicted octanol–water partition coefficient (Wildman–Crippen LogP) is 2.49. The van der Waals surface area contributed by atoms with Gasteiger partial charge < -0.3 is 15.4 Å². The summed E-state index contributed by atoms with van der Waals surface area (Å²) in [7, 11) is 5.82. The van der Waals surface area contributed by atoms with Crippen LogP contribution in [0.15, 0.2) is 18.2 Å². The van der Waals surface area contributed by atoms with Gasteiger partial charge >= 0.3 is 0 Å². The van der Waals surface area contributed by atoms with Crippen molar-refractivity contribution in [1.82, 2.24) is 0 Å². The van der Waals surface area contributed by atoms with Crippen molar-refractivity contribution in [2.45, 2.75) is 31.2 Å². The molecule has 0 heterocycles. The largest absolute Gasteiger partial charge is 0.497 e. The quantitative estimate of drug-likeness (QED) is 0.873. The fourth-order valence-corrected chi connectivity index (χ4v) is 2.71. The lowest BCUT2D eigenvalue weighted by Gasteiger charge is -2.30. The standard InChI is InChI=1S/C14H22N2O/c1-16(2)13-7-6-11(17-3)10-12(13)14(15)8-4-5-9-14/h6-7,10H,4-5,8-9,15H2,1-3H3. The zero-order valence-electron chi connectivity index (χ0n) is 11.0. The Kier molecular flexibility index (Phi) is 3.29. The van der Waals surface area contributed by atoms with Crippen LogP contribution in [0.25, 0.3) is 0 Å². The van der Waals surface area contributed by atoms with Crippen molar-refractivity contribution in [2.24, 2.45) is 5.73 Å². The summed E-state index contributed by atoms with van der Waals surface area (Å²) in [4.78, 5) is 2.13. The number of hydrogen-bond acceptors (Lipinski definition) is 3. The normalized spacial score (nSPS) is 18.1. The third-order valence-corrected chi connectivity index (χ3v) is 3.72. The molecule has 3 nitrogen and oxygen atoms in total. The van der Waals surface area contributed by atoms with E-state index in [-0.39, 0.29) is 5.54 Å². The second-order valence-electron chi connectivity index (χ2n) is 5.14. The molecule has 17 heavy (non-hydrogen) atoms. The Morgan fingerprint density at radius 1 is 1.24 bits per heavy atom. The molecule has 1 aromatic rings. The molecule has 1 saturated carbocycles. The number of nitrogens with two attached hydrogens (primary N) is 1. The molecular formula is C14H22N2O. The molecule has 2 N–H and O–H groups in total. The van der Waals surface area contributed by atoms with E-state index in [4.69, 9.17) is 10.5 Å². The van der Waals surface area contributed by atoms with Crippen LogP contribution in [-0.4, -0.2) is 21.2 Å². The molecule has 94 valence electrons. The number of nitrogens with zero attached hydrogens (tertiary/aromatic N) is 1. The summed E-state index contributed by atoms with van der Waals surface area (Å²) >= 11 is 0. The van der Waals surface area contributed by atoms with Gasteiger partial charge in [0.2, 0.25) is 0 Å². The second kappa shape index (κ2) is 4.57. The van der Waals surface area contributed by atoms with Crippen LogP contribution in [-0.2, 0) is 5.54 Å². The number of hydrogen-bond donors (Lipinski definition) is 1. The van der Waals surface area contributed by atoms with Crippen molar-refractivity contribution in [3.63, 3.8) is 0 Å². The molecule has 1 aliphatic carbocycles. The Bertz CT molecular complexity index is 395. The maximum absolute atomic E-state index is 6.56. The SMILES string of the molecule is COc1ccc(N(C)C)c(C2(N)CCCC2)c1. The van der Waals surface area contributed by atoms with E-state index in [0.29, 0.717) is 0 Å². The average Bonchev–Trinajstić information content (AvgIpc) is 2.76. The molecule has 2 rings (SSSR count). The van der Waals surface area contributed by atoms with E-state index in [1.54, 1.807) is 7.11 Å². The highest BCUT2D eigenvalue weighted by Gasteiger charge is 2.33. The van der Waals surface area contributed by atoms with Gasteiger partial charge in [0.25, 0.3) is 0 Å². The highest BCUT2D eigenvalue weighted by Crippen LogP contribution is 2.41. The van der Waals surface area contributed by atoms with Crippen LogP contribution >= 0.6 is 0 Å². The molecular weight excluding hydrogens is 212 g/mol. The molecule has 3 heteroatoms. The Morgan fingerprint density at radius 2 is 1.88 bits per heavy atom. The first kappa shape index (κ1) is 12.2. The fraction of sp³-hybridized carbons (Fsp3) is 0.571. The Labute approximate surface area is 104 Å². The molecule has 1 aliphatic rings. The molecule has 0 bridgehead atoms. The molecule has 0 spiro atoms. The highest BCUT2D eigenvalue weighted by atomic mass is 16.5. The highest BCUT2D eigenvalue weighted by molar-refractivity contribution is 5.58. The van der Waals surface area contributed by atoms with Crippen molar-refractivity contribution in [3.05, 3.63) is 23.8 Å². The van der Waals surface area contributed by atoms with Gasteiger partial charge in [-0.25, -0.2) is 0 Å². The number of ether oxygens (including phenoxy) is 1. The summed E-state index contributed by atoms with van der Waals surface area (Å²) < 4.78 is 5.32. The summed E-state index contributed by atoms with van der Waals surface area (Å²) in [6.45, 7) is 0. The summed E-state index contributed by atoms with van der Waals surface area (Å²) in [5.74, 6) is 0.891. The van der Waals surface area contributed by atoms with Gasteiger partial charge in [0.1, 0.15) is 5.75 Å². The van der Waals surface area contributed by atoms with E-state index in [1.165, 1.54) is 24.1 Å². The molecule has 0 radical (unpaired) electrons. The van der Waals surface area contributed by atoms with Crippen molar-refractivity contribution in [1.29, 1.82) is 0 Å². The molecule has 1 fully saturated rings. The van der Waals surface area contributed by atoms with Gasteiger partial charge in [-0.2, -0.15) is 0 Å². The second-order valence-corrected chi connectivity index (χ2v) is 5.14. The van der Waals surface area contributed by atoms with Crippen LogP contribution in [0.3, 0.4) is 0 Å². The molecule has 0 atom stereocenters. The first-order chi connectivity index (χ1) is 8.07. The molecule has 0 amide bonds. The van der Waals surface area contributed by atoms with Gasteiger partial charge in [0.15, 0.2) is 0 Å².